The topological polar surface area (TPSA) is 188 Å². The van der Waals surface area contributed by atoms with Crippen LogP contribution in [-0.2, 0) is 28.4 Å². The van der Waals surface area contributed by atoms with Gasteiger partial charge in [-0.2, -0.15) is 0 Å². The van der Waals surface area contributed by atoms with Gasteiger partial charge in [0.15, 0.2) is 30.9 Å². The molecule has 2 saturated heterocycles. The third-order valence-corrected chi connectivity index (χ3v) is 7.60. The molecule has 5 rings (SSSR count). The minimum absolute atomic E-state index is 0.123. The van der Waals surface area contributed by atoms with Crippen molar-refractivity contribution >= 4 is 17.9 Å². The van der Waals surface area contributed by atoms with Gasteiger partial charge in [0.25, 0.3) is 0 Å². The molecule has 2 aliphatic rings. The number of carbonyl (C=O) groups is 3. The lowest BCUT2D eigenvalue weighted by Gasteiger charge is -2.44. The van der Waals surface area contributed by atoms with Crippen LogP contribution in [0.25, 0.3) is 0 Å². The highest BCUT2D eigenvalue weighted by Gasteiger charge is 2.53. The van der Waals surface area contributed by atoms with Gasteiger partial charge in [0.1, 0.15) is 24.4 Å². The van der Waals surface area contributed by atoms with E-state index in [-0.39, 0.29) is 16.7 Å². The standard InChI is InChI=1S/C33H34O13/c1-18-23(34)24(35)25(36)33(42-18)41-17-22-26(44-29(37)19-11-5-2-6-12-19)27(45-30(38)20-13-7-3-8-14-20)28(32(40)43-22)46-31(39)21-15-9-4-10-16-21/h2-16,18,22-28,32-36,40H,17H2,1H3/t18-,22-,23-,24+,25+,26-,27+,28-,32+,33-/m1/s1. The van der Waals surface area contributed by atoms with E-state index in [1.165, 1.54) is 43.3 Å². The van der Waals surface area contributed by atoms with Gasteiger partial charge in [-0.25, -0.2) is 14.4 Å². The van der Waals surface area contributed by atoms with Crippen LogP contribution in [0.1, 0.15) is 38.0 Å². The Hall–Kier alpha value is -4.21. The maximum atomic E-state index is 13.3. The van der Waals surface area contributed by atoms with E-state index < -0.39 is 85.9 Å². The van der Waals surface area contributed by atoms with Crippen molar-refractivity contribution in [1.82, 2.24) is 0 Å². The monoisotopic (exact) mass is 638 g/mol. The number of hydrogen-bond donors (Lipinski definition) is 4. The van der Waals surface area contributed by atoms with E-state index in [9.17, 15) is 34.8 Å². The van der Waals surface area contributed by atoms with E-state index in [0.717, 1.165) is 0 Å². The zero-order chi connectivity index (χ0) is 32.8. The molecule has 2 fully saturated rings. The highest BCUT2D eigenvalue weighted by Crippen LogP contribution is 2.31. The number of ether oxygens (including phenoxy) is 6. The van der Waals surface area contributed by atoms with Crippen LogP contribution in [0.2, 0.25) is 0 Å². The molecule has 0 amide bonds. The zero-order valence-electron chi connectivity index (χ0n) is 24.6. The predicted molar refractivity (Wildman–Crippen MR) is 156 cm³/mol. The van der Waals surface area contributed by atoms with Crippen molar-refractivity contribution in [2.24, 2.45) is 0 Å². The molecule has 0 bridgehead atoms. The average Bonchev–Trinajstić information content (AvgIpc) is 3.08. The molecule has 13 nitrogen and oxygen atoms in total. The van der Waals surface area contributed by atoms with Gasteiger partial charge in [0, 0.05) is 0 Å². The minimum atomic E-state index is -1.91. The number of benzene rings is 3. The Morgan fingerprint density at radius 2 is 1.02 bits per heavy atom. The van der Waals surface area contributed by atoms with Crippen molar-refractivity contribution in [3.63, 3.8) is 0 Å². The van der Waals surface area contributed by atoms with Gasteiger partial charge < -0.3 is 48.8 Å². The first-order valence-electron chi connectivity index (χ1n) is 14.6. The number of aliphatic hydroxyl groups is 4. The van der Waals surface area contributed by atoms with Gasteiger partial charge in [-0.3, -0.25) is 0 Å². The highest BCUT2D eigenvalue weighted by atomic mass is 16.7. The fourth-order valence-electron chi connectivity index (χ4n) is 5.07. The first kappa shape index (κ1) is 33.2. The van der Waals surface area contributed by atoms with E-state index >= 15 is 0 Å². The molecule has 0 radical (unpaired) electrons. The molecule has 4 N–H and O–H groups in total. The van der Waals surface area contributed by atoms with Gasteiger partial charge in [-0.1, -0.05) is 54.6 Å². The Balaban J connectivity index is 1.47. The van der Waals surface area contributed by atoms with Gasteiger partial charge >= 0.3 is 17.9 Å². The van der Waals surface area contributed by atoms with E-state index in [1.54, 1.807) is 54.6 Å². The largest absolute Gasteiger partial charge is 0.452 e. The van der Waals surface area contributed by atoms with Gasteiger partial charge in [0.2, 0.25) is 0 Å². The van der Waals surface area contributed by atoms with Crippen LogP contribution < -0.4 is 0 Å². The van der Waals surface area contributed by atoms with Crippen molar-refractivity contribution < 1.29 is 63.2 Å². The maximum Gasteiger partial charge on any atom is 0.338 e. The van der Waals surface area contributed by atoms with Crippen molar-refractivity contribution in [3.8, 4) is 0 Å². The average molecular weight is 639 g/mol. The number of carbonyl (C=O) groups excluding carboxylic acids is 3. The summed E-state index contributed by atoms with van der Waals surface area (Å²) in [5.41, 5.74) is 0.387. The molecular formula is C33H34O13. The van der Waals surface area contributed by atoms with Crippen LogP contribution in [0.3, 0.4) is 0 Å². The van der Waals surface area contributed by atoms with Crippen LogP contribution in [0, 0.1) is 0 Å². The summed E-state index contributed by atoms with van der Waals surface area (Å²) in [4.78, 5) is 39.7. The first-order chi connectivity index (χ1) is 22.1. The third-order valence-electron chi connectivity index (χ3n) is 7.60. The van der Waals surface area contributed by atoms with E-state index in [1.807, 2.05) is 0 Å². The molecule has 46 heavy (non-hydrogen) atoms. The second-order valence-electron chi connectivity index (χ2n) is 10.8. The second kappa shape index (κ2) is 14.9. The third kappa shape index (κ3) is 7.59. The molecule has 244 valence electrons. The van der Waals surface area contributed by atoms with E-state index in [4.69, 9.17) is 28.4 Å². The summed E-state index contributed by atoms with van der Waals surface area (Å²) < 4.78 is 34.1. The molecule has 0 spiro atoms. The molecule has 2 aliphatic heterocycles. The quantitative estimate of drug-likeness (QED) is 0.194. The summed E-state index contributed by atoms with van der Waals surface area (Å²) in [7, 11) is 0. The summed E-state index contributed by atoms with van der Waals surface area (Å²) >= 11 is 0. The SMILES string of the molecule is C[C@H]1O[C@@H](OC[C@H]2O[C@H](O)[C@H](OC(=O)c3ccccc3)[C@@H](OC(=O)c3ccccc3)[C@@H]2OC(=O)c2ccccc2)[C@@H](O)[C@@H](O)[C@@H]1O. The van der Waals surface area contributed by atoms with Crippen molar-refractivity contribution in [2.45, 2.75) is 68.3 Å². The van der Waals surface area contributed by atoms with Crippen LogP contribution in [0.5, 0.6) is 0 Å². The van der Waals surface area contributed by atoms with Crippen molar-refractivity contribution in [3.05, 3.63) is 108 Å². The Morgan fingerprint density at radius 3 is 1.50 bits per heavy atom. The first-order valence-corrected chi connectivity index (χ1v) is 14.6. The Labute approximate surface area is 263 Å². The smallest absolute Gasteiger partial charge is 0.338 e. The number of aliphatic hydroxyl groups excluding tert-OH is 4. The lowest BCUT2D eigenvalue weighted by molar-refractivity contribution is -0.320. The van der Waals surface area contributed by atoms with Crippen LogP contribution in [0.15, 0.2) is 91.0 Å². The van der Waals surface area contributed by atoms with Crippen molar-refractivity contribution in [2.75, 3.05) is 6.61 Å². The predicted octanol–water partition coefficient (Wildman–Crippen LogP) is 1.22. The molecule has 13 heteroatoms. The van der Waals surface area contributed by atoms with Gasteiger partial charge in [0.05, 0.1) is 29.4 Å². The molecule has 3 aromatic rings. The Bertz CT molecular complexity index is 1450. The van der Waals surface area contributed by atoms with Crippen LogP contribution >= 0.6 is 0 Å². The second-order valence-corrected chi connectivity index (χ2v) is 10.8. The van der Waals surface area contributed by atoms with Gasteiger partial charge in [-0.15, -0.1) is 0 Å². The Morgan fingerprint density at radius 1 is 0.587 bits per heavy atom. The summed E-state index contributed by atoms with van der Waals surface area (Å²) in [6.07, 6.45) is -15.2. The molecule has 2 heterocycles. The molecule has 10 atom stereocenters. The normalized spacial score (nSPS) is 31.0. The van der Waals surface area contributed by atoms with Crippen LogP contribution in [0.4, 0.5) is 0 Å². The fraction of sp³-hybridized carbons (Fsp3) is 0.364. The van der Waals surface area contributed by atoms with E-state index in [0.29, 0.717) is 0 Å². The van der Waals surface area contributed by atoms with Crippen molar-refractivity contribution in [1.29, 1.82) is 0 Å². The zero-order valence-corrected chi connectivity index (χ0v) is 24.6. The number of rotatable bonds is 9. The molecule has 0 saturated carbocycles. The molecule has 0 aliphatic carbocycles. The fourth-order valence-corrected chi connectivity index (χ4v) is 5.07. The molecule has 0 aromatic heterocycles. The summed E-state index contributed by atoms with van der Waals surface area (Å²) in [5, 5.41) is 41.8. The summed E-state index contributed by atoms with van der Waals surface area (Å²) in [6.45, 7) is 0.923. The molecule has 0 unspecified atom stereocenters. The summed E-state index contributed by atoms with van der Waals surface area (Å²) in [6, 6.07) is 23.6. The maximum absolute atomic E-state index is 13.3. The minimum Gasteiger partial charge on any atom is -0.452 e. The van der Waals surface area contributed by atoms with Crippen LogP contribution in [-0.4, -0.2) is 106 Å². The Kier molecular flexibility index (Phi) is 10.8. The lowest BCUT2D eigenvalue weighted by Crippen LogP contribution is -2.63. The van der Waals surface area contributed by atoms with Gasteiger partial charge in [-0.05, 0) is 43.3 Å². The summed E-state index contributed by atoms with van der Waals surface area (Å²) in [5.74, 6) is -2.61. The van der Waals surface area contributed by atoms with E-state index in [2.05, 4.69) is 0 Å². The number of hydrogen-bond acceptors (Lipinski definition) is 13. The lowest BCUT2D eigenvalue weighted by atomic mass is 9.97. The molecule has 3 aromatic carbocycles. The highest BCUT2D eigenvalue weighted by molar-refractivity contribution is 5.91. The number of esters is 3. The molecular weight excluding hydrogens is 604 g/mol.